The highest BCUT2D eigenvalue weighted by molar-refractivity contribution is 5.83. The second-order valence-corrected chi connectivity index (χ2v) is 3.29. The Morgan fingerprint density at radius 2 is 2.19 bits per heavy atom. The molecule has 0 amide bonds. The van der Waals surface area contributed by atoms with Gasteiger partial charge in [-0.25, -0.2) is 4.98 Å². The number of hydrogen-bond donors (Lipinski definition) is 2. The van der Waals surface area contributed by atoms with Crippen LogP contribution in [0.4, 0.5) is 0 Å². The molecule has 0 atom stereocenters. The van der Waals surface area contributed by atoms with Gasteiger partial charge in [-0.3, -0.25) is 0 Å². The first-order chi connectivity index (χ1) is 7.76. The van der Waals surface area contributed by atoms with E-state index in [0.29, 0.717) is 11.4 Å². The molecule has 0 radical (unpaired) electrons. The van der Waals surface area contributed by atoms with E-state index in [4.69, 9.17) is 10.5 Å². The van der Waals surface area contributed by atoms with Crippen LogP contribution < -0.4 is 10.5 Å². The molecular weight excluding hydrogens is 204 g/mol. The van der Waals surface area contributed by atoms with Gasteiger partial charge in [-0.1, -0.05) is 18.2 Å². The van der Waals surface area contributed by atoms with Crippen molar-refractivity contribution in [3.05, 3.63) is 42.1 Å². The van der Waals surface area contributed by atoms with Crippen LogP contribution in [0.2, 0.25) is 0 Å². The fourth-order valence-corrected chi connectivity index (χ4v) is 1.53. The number of aromatic nitrogens is 1. The van der Waals surface area contributed by atoms with Crippen molar-refractivity contribution < 1.29 is 9.84 Å². The first kappa shape index (κ1) is 10.3. The van der Waals surface area contributed by atoms with E-state index in [1.807, 2.05) is 24.3 Å². The number of nitrogens with two attached hydrogens (primary N) is 1. The lowest BCUT2D eigenvalue weighted by Crippen LogP contribution is -1.97. The van der Waals surface area contributed by atoms with Gasteiger partial charge >= 0.3 is 0 Å². The van der Waals surface area contributed by atoms with Crippen LogP contribution in [0.5, 0.6) is 5.88 Å². The van der Waals surface area contributed by atoms with Gasteiger partial charge in [-0.15, -0.1) is 0 Å². The first-order valence-electron chi connectivity index (χ1n) is 4.81. The van der Waals surface area contributed by atoms with Crippen molar-refractivity contribution in [2.75, 3.05) is 7.11 Å². The van der Waals surface area contributed by atoms with Gasteiger partial charge in [0.25, 0.3) is 0 Å². The molecule has 16 heavy (non-hydrogen) atoms. The molecule has 0 fully saturated rings. The van der Waals surface area contributed by atoms with E-state index in [1.165, 1.54) is 7.11 Å². The Balaban J connectivity index is 2.72. The molecule has 2 aromatic rings. The summed E-state index contributed by atoms with van der Waals surface area (Å²) in [5.74, 6) is 0.313. The van der Waals surface area contributed by atoms with Crippen molar-refractivity contribution in [2.45, 2.75) is 0 Å². The highest BCUT2D eigenvalue weighted by Crippen LogP contribution is 2.26. The van der Waals surface area contributed by atoms with Crippen molar-refractivity contribution in [1.82, 2.24) is 4.98 Å². The molecule has 0 unspecified atom stereocenters. The van der Waals surface area contributed by atoms with Crippen LogP contribution in [0, 0.1) is 0 Å². The number of fused-ring (bicyclic) bond motifs is 1. The zero-order chi connectivity index (χ0) is 11.5. The SMILES string of the molecule is COc1nc2ccccc2cc1/C(O)=C/N. The van der Waals surface area contributed by atoms with Crippen molar-refractivity contribution in [3.63, 3.8) is 0 Å². The number of nitrogens with zero attached hydrogens (tertiary/aromatic N) is 1. The highest BCUT2D eigenvalue weighted by Gasteiger charge is 2.10. The van der Waals surface area contributed by atoms with Crippen LogP contribution in [-0.2, 0) is 0 Å². The normalized spacial score (nSPS) is 11.7. The summed E-state index contributed by atoms with van der Waals surface area (Å²) < 4.78 is 5.11. The Bertz CT molecular complexity index is 550. The van der Waals surface area contributed by atoms with Gasteiger partial charge in [0.15, 0.2) is 0 Å². The van der Waals surface area contributed by atoms with Crippen molar-refractivity contribution in [3.8, 4) is 5.88 Å². The monoisotopic (exact) mass is 216 g/mol. The van der Waals surface area contributed by atoms with E-state index in [-0.39, 0.29) is 5.76 Å². The summed E-state index contributed by atoms with van der Waals surface area (Å²) >= 11 is 0. The van der Waals surface area contributed by atoms with Gasteiger partial charge in [0.1, 0.15) is 5.76 Å². The average Bonchev–Trinajstić information content (AvgIpc) is 2.36. The summed E-state index contributed by atoms with van der Waals surface area (Å²) in [5, 5.41) is 10.5. The van der Waals surface area contributed by atoms with Gasteiger partial charge in [0, 0.05) is 11.6 Å². The number of benzene rings is 1. The summed E-state index contributed by atoms with van der Waals surface area (Å²) in [5.41, 5.74) is 6.58. The molecule has 0 aliphatic carbocycles. The van der Waals surface area contributed by atoms with E-state index in [0.717, 1.165) is 17.1 Å². The minimum atomic E-state index is -0.0462. The molecule has 3 N–H and O–H groups in total. The molecule has 0 bridgehead atoms. The third kappa shape index (κ3) is 1.65. The molecule has 1 heterocycles. The Labute approximate surface area is 93.0 Å². The predicted molar refractivity (Wildman–Crippen MR) is 63.1 cm³/mol. The zero-order valence-electron chi connectivity index (χ0n) is 8.84. The number of hydrogen-bond acceptors (Lipinski definition) is 4. The van der Waals surface area contributed by atoms with Crippen LogP contribution in [-0.4, -0.2) is 17.2 Å². The molecule has 2 rings (SSSR count). The summed E-state index contributed by atoms with van der Waals surface area (Å²) in [6.45, 7) is 0. The lowest BCUT2D eigenvalue weighted by molar-refractivity contribution is 0.393. The number of methoxy groups -OCH3 is 1. The van der Waals surface area contributed by atoms with E-state index >= 15 is 0 Å². The van der Waals surface area contributed by atoms with E-state index in [9.17, 15) is 5.11 Å². The largest absolute Gasteiger partial charge is 0.506 e. The smallest absolute Gasteiger partial charge is 0.224 e. The molecule has 4 heteroatoms. The summed E-state index contributed by atoms with van der Waals surface area (Å²) in [4.78, 5) is 4.28. The van der Waals surface area contributed by atoms with Gasteiger partial charge < -0.3 is 15.6 Å². The summed E-state index contributed by atoms with van der Waals surface area (Å²) in [7, 11) is 1.50. The third-order valence-electron chi connectivity index (χ3n) is 2.32. The van der Waals surface area contributed by atoms with Gasteiger partial charge in [0.05, 0.1) is 18.2 Å². The van der Waals surface area contributed by atoms with Crippen molar-refractivity contribution >= 4 is 16.7 Å². The minimum absolute atomic E-state index is 0.0462. The Morgan fingerprint density at radius 3 is 2.88 bits per heavy atom. The Hall–Kier alpha value is -2.23. The topological polar surface area (TPSA) is 68.4 Å². The molecule has 0 aliphatic rings. The molecule has 0 saturated carbocycles. The number of rotatable bonds is 2. The van der Waals surface area contributed by atoms with Crippen LogP contribution in [0.1, 0.15) is 5.56 Å². The van der Waals surface area contributed by atoms with Crippen LogP contribution >= 0.6 is 0 Å². The lowest BCUT2D eigenvalue weighted by Gasteiger charge is -2.08. The van der Waals surface area contributed by atoms with E-state index < -0.39 is 0 Å². The molecule has 1 aromatic carbocycles. The molecule has 4 nitrogen and oxygen atoms in total. The molecule has 82 valence electrons. The number of aliphatic hydroxyl groups excluding tert-OH is 1. The fourth-order valence-electron chi connectivity index (χ4n) is 1.53. The summed E-state index contributed by atoms with van der Waals surface area (Å²) in [6, 6.07) is 9.39. The van der Waals surface area contributed by atoms with Gasteiger partial charge in [-0.05, 0) is 12.1 Å². The zero-order valence-corrected chi connectivity index (χ0v) is 8.84. The average molecular weight is 216 g/mol. The third-order valence-corrected chi connectivity index (χ3v) is 2.32. The van der Waals surface area contributed by atoms with E-state index in [1.54, 1.807) is 6.07 Å². The maximum absolute atomic E-state index is 9.62. The van der Waals surface area contributed by atoms with Crippen molar-refractivity contribution in [2.24, 2.45) is 5.73 Å². The molecular formula is C12H12N2O2. The second kappa shape index (κ2) is 4.10. The maximum atomic E-state index is 9.62. The van der Waals surface area contributed by atoms with Crippen LogP contribution in [0.15, 0.2) is 36.5 Å². The summed E-state index contributed by atoms with van der Waals surface area (Å²) in [6.07, 6.45) is 1.12. The Morgan fingerprint density at radius 1 is 1.44 bits per heavy atom. The highest BCUT2D eigenvalue weighted by atomic mass is 16.5. The number of para-hydroxylation sites is 1. The van der Waals surface area contributed by atoms with Gasteiger partial charge in [0.2, 0.25) is 5.88 Å². The molecule has 0 aliphatic heterocycles. The number of pyridine rings is 1. The van der Waals surface area contributed by atoms with Crippen LogP contribution in [0.25, 0.3) is 16.7 Å². The lowest BCUT2D eigenvalue weighted by atomic mass is 10.1. The fraction of sp³-hybridized carbons (Fsp3) is 0.0833. The van der Waals surface area contributed by atoms with Crippen molar-refractivity contribution in [1.29, 1.82) is 0 Å². The second-order valence-electron chi connectivity index (χ2n) is 3.29. The minimum Gasteiger partial charge on any atom is -0.506 e. The Kier molecular flexibility index (Phi) is 2.64. The van der Waals surface area contributed by atoms with Crippen LogP contribution in [0.3, 0.4) is 0 Å². The first-order valence-corrected chi connectivity index (χ1v) is 4.81. The predicted octanol–water partition coefficient (Wildman–Crippen LogP) is 2.06. The molecule has 0 spiro atoms. The number of ether oxygens (including phenoxy) is 1. The standard InChI is InChI=1S/C12H12N2O2/c1-16-12-9(11(15)7-13)6-8-4-2-3-5-10(8)14-12/h2-7,15H,13H2,1H3/b11-7-. The van der Waals surface area contributed by atoms with E-state index in [2.05, 4.69) is 4.98 Å². The quantitative estimate of drug-likeness (QED) is 0.754. The molecule has 0 saturated heterocycles. The number of aliphatic hydroxyl groups is 1. The van der Waals surface area contributed by atoms with Gasteiger partial charge in [-0.2, -0.15) is 0 Å². The maximum Gasteiger partial charge on any atom is 0.224 e. The molecule has 1 aromatic heterocycles.